The monoisotopic (exact) mass is 284 g/mol. The van der Waals surface area contributed by atoms with Crippen LogP contribution in [0, 0.1) is 0 Å². The van der Waals surface area contributed by atoms with Crippen LogP contribution < -0.4 is 10.1 Å². The Kier molecular flexibility index (Phi) is 5.76. The van der Waals surface area contributed by atoms with E-state index in [4.69, 9.17) is 4.74 Å². The fourth-order valence-electron chi connectivity index (χ4n) is 1.69. The van der Waals surface area contributed by atoms with Gasteiger partial charge in [-0.25, -0.2) is 9.18 Å². The molecule has 2 amide bonds. The third kappa shape index (κ3) is 5.88. The molecule has 0 aliphatic carbocycles. The summed E-state index contributed by atoms with van der Waals surface area (Å²) in [7, 11) is 1.59. The average molecular weight is 284 g/mol. The molecule has 1 aromatic carbocycles. The highest BCUT2D eigenvalue weighted by Gasteiger charge is 2.19. The third-order valence-corrected chi connectivity index (χ3v) is 2.40. The molecule has 0 radical (unpaired) electrons. The van der Waals surface area contributed by atoms with Crippen LogP contribution in [0.5, 0.6) is 5.75 Å². The van der Waals surface area contributed by atoms with Crippen LogP contribution in [-0.4, -0.2) is 48.5 Å². The summed E-state index contributed by atoms with van der Waals surface area (Å²) in [5, 5.41) is 12.4. The molecule has 1 rings (SSSR count). The smallest absolute Gasteiger partial charge is 0.321 e. The molecule has 0 heterocycles. The summed E-state index contributed by atoms with van der Waals surface area (Å²) in [4.78, 5) is 13.3. The van der Waals surface area contributed by atoms with Crippen molar-refractivity contribution in [2.75, 3.05) is 32.2 Å². The van der Waals surface area contributed by atoms with E-state index in [-0.39, 0.29) is 19.2 Å². The summed E-state index contributed by atoms with van der Waals surface area (Å²) in [6.07, 6.45) is 0. The number of urea groups is 1. The molecule has 5 nitrogen and oxygen atoms in total. The average Bonchev–Trinajstić information content (AvgIpc) is 2.34. The van der Waals surface area contributed by atoms with Gasteiger partial charge in [-0.05, 0) is 26.0 Å². The van der Waals surface area contributed by atoms with Crippen LogP contribution in [0.2, 0.25) is 0 Å². The van der Waals surface area contributed by atoms with Gasteiger partial charge >= 0.3 is 6.03 Å². The zero-order valence-corrected chi connectivity index (χ0v) is 12.0. The molecule has 0 aliphatic rings. The molecule has 0 spiro atoms. The van der Waals surface area contributed by atoms with Crippen molar-refractivity contribution in [1.82, 2.24) is 4.90 Å². The normalized spacial score (nSPS) is 11.1. The number of ether oxygens (including phenoxy) is 1. The van der Waals surface area contributed by atoms with Gasteiger partial charge in [0.25, 0.3) is 0 Å². The van der Waals surface area contributed by atoms with E-state index >= 15 is 0 Å². The Morgan fingerprint density at radius 3 is 2.80 bits per heavy atom. The Hall–Kier alpha value is -1.82. The van der Waals surface area contributed by atoms with Crippen molar-refractivity contribution in [3.05, 3.63) is 24.3 Å². The first-order valence-electron chi connectivity index (χ1n) is 6.35. The number of nitrogens with one attached hydrogen (secondary N) is 1. The topological polar surface area (TPSA) is 61.8 Å². The van der Waals surface area contributed by atoms with E-state index in [1.54, 1.807) is 45.2 Å². The quantitative estimate of drug-likeness (QED) is 0.842. The molecule has 0 bridgehead atoms. The van der Waals surface area contributed by atoms with Crippen molar-refractivity contribution in [3.63, 3.8) is 0 Å². The number of likely N-dealkylation sites (N-methyl/N-ethyl adjacent to an activating group) is 1. The van der Waals surface area contributed by atoms with Crippen LogP contribution in [0.25, 0.3) is 0 Å². The number of carbonyl (C=O) groups excluding carboxylic acids is 1. The highest BCUT2D eigenvalue weighted by molar-refractivity contribution is 5.89. The molecular weight excluding hydrogens is 263 g/mol. The predicted molar refractivity (Wildman–Crippen MR) is 75.9 cm³/mol. The molecule has 0 fully saturated rings. The van der Waals surface area contributed by atoms with Gasteiger partial charge in [-0.15, -0.1) is 0 Å². The van der Waals surface area contributed by atoms with Gasteiger partial charge in [0.1, 0.15) is 19.0 Å². The zero-order valence-electron chi connectivity index (χ0n) is 12.0. The lowest BCUT2D eigenvalue weighted by atomic mass is 10.1. The number of halogens is 1. The van der Waals surface area contributed by atoms with Crippen LogP contribution in [0.3, 0.4) is 0 Å². The van der Waals surface area contributed by atoms with Gasteiger partial charge in [0.15, 0.2) is 0 Å². The van der Waals surface area contributed by atoms with E-state index in [0.717, 1.165) is 0 Å². The Balaban J connectivity index is 2.61. The minimum Gasteiger partial charge on any atom is -0.491 e. The first kappa shape index (κ1) is 16.2. The fourth-order valence-corrected chi connectivity index (χ4v) is 1.69. The van der Waals surface area contributed by atoms with Crippen molar-refractivity contribution in [1.29, 1.82) is 0 Å². The van der Waals surface area contributed by atoms with Gasteiger partial charge < -0.3 is 20.1 Å². The molecule has 0 aromatic heterocycles. The summed E-state index contributed by atoms with van der Waals surface area (Å²) < 4.78 is 17.2. The number of hydrogen-bond donors (Lipinski definition) is 2. The van der Waals surface area contributed by atoms with E-state index in [9.17, 15) is 14.3 Å². The first-order chi connectivity index (χ1) is 9.31. The number of anilines is 1. The third-order valence-electron chi connectivity index (χ3n) is 2.40. The number of benzene rings is 1. The summed E-state index contributed by atoms with van der Waals surface area (Å²) in [6.45, 7) is 2.88. The number of rotatable bonds is 6. The molecule has 112 valence electrons. The van der Waals surface area contributed by atoms with Crippen LogP contribution >= 0.6 is 0 Å². The lowest BCUT2D eigenvalue weighted by Gasteiger charge is -2.25. The van der Waals surface area contributed by atoms with Crippen LogP contribution in [-0.2, 0) is 0 Å². The van der Waals surface area contributed by atoms with Gasteiger partial charge in [-0.2, -0.15) is 0 Å². The van der Waals surface area contributed by atoms with Crippen molar-refractivity contribution >= 4 is 11.7 Å². The molecule has 1 aromatic rings. The largest absolute Gasteiger partial charge is 0.491 e. The Morgan fingerprint density at radius 1 is 1.50 bits per heavy atom. The second-order valence-electron chi connectivity index (χ2n) is 5.16. The lowest BCUT2D eigenvalue weighted by molar-refractivity contribution is 0.0550. The molecule has 20 heavy (non-hydrogen) atoms. The highest BCUT2D eigenvalue weighted by Crippen LogP contribution is 2.18. The van der Waals surface area contributed by atoms with Crippen molar-refractivity contribution in [2.45, 2.75) is 19.4 Å². The van der Waals surface area contributed by atoms with Crippen LogP contribution in [0.15, 0.2) is 24.3 Å². The van der Waals surface area contributed by atoms with Gasteiger partial charge in [-0.3, -0.25) is 0 Å². The number of nitrogens with zero attached hydrogens (tertiary/aromatic N) is 1. The van der Waals surface area contributed by atoms with Gasteiger partial charge in [0.2, 0.25) is 0 Å². The van der Waals surface area contributed by atoms with Gasteiger partial charge in [0, 0.05) is 18.8 Å². The molecular formula is C14H21FN2O3. The molecule has 0 atom stereocenters. The van der Waals surface area contributed by atoms with E-state index in [1.165, 1.54) is 4.90 Å². The Bertz CT molecular complexity index is 446. The molecule has 0 aliphatic heterocycles. The van der Waals surface area contributed by atoms with Crippen molar-refractivity contribution in [3.8, 4) is 5.75 Å². The first-order valence-corrected chi connectivity index (χ1v) is 6.35. The summed E-state index contributed by atoms with van der Waals surface area (Å²) in [6, 6.07) is 6.38. The minimum atomic E-state index is -0.960. The van der Waals surface area contributed by atoms with Crippen molar-refractivity contribution < 1.29 is 19.0 Å². The minimum absolute atomic E-state index is 0.0179. The van der Waals surface area contributed by atoms with Gasteiger partial charge in [0.05, 0.1) is 12.1 Å². The molecule has 2 N–H and O–H groups in total. The van der Waals surface area contributed by atoms with Crippen LogP contribution in [0.4, 0.5) is 14.9 Å². The summed E-state index contributed by atoms with van der Waals surface area (Å²) in [5.41, 5.74) is -0.410. The number of amides is 2. The highest BCUT2D eigenvalue weighted by atomic mass is 19.1. The second-order valence-corrected chi connectivity index (χ2v) is 5.16. The maximum atomic E-state index is 12.0. The summed E-state index contributed by atoms with van der Waals surface area (Å²) in [5.74, 6) is 0.491. The number of aliphatic hydroxyl groups is 1. The number of alkyl halides is 1. The molecule has 6 heteroatoms. The number of hydrogen-bond acceptors (Lipinski definition) is 3. The van der Waals surface area contributed by atoms with E-state index in [0.29, 0.717) is 11.4 Å². The van der Waals surface area contributed by atoms with Crippen molar-refractivity contribution in [2.24, 2.45) is 0 Å². The number of carbonyl (C=O) groups is 1. The Morgan fingerprint density at radius 2 is 2.20 bits per heavy atom. The second kappa shape index (κ2) is 7.09. The van der Waals surface area contributed by atoms with E-state index < -0.39 is 12.3 Å². The standard InChI is InChI=1S/C14H21FN2O3/c1-14(2,19)10-17(3)13(18)16-11-5-4-6-12(9-11)20-8-7-15/h4-6,9,19H,7-8,10H2,1-3H3,(H,16,18). The van der Waals surface area contributed by atoms with E-state index in [1.807, 2.05) is 0 Å². The zero-order chi connectivity index (χ0) is 15.2. The van der Waals surface area contributed by atoms with Crippen LogP contribution in [0.1, 0.15) is 13.8 Å². The van der Waals surface area contributed by atoms with E-state index in [2.05, 4.69) is 5.32 Å². The van der Waals surface area contributed by atoms with Gasteiger partial charge in [-0.1, -0.05) is 6.07 Å². The molecule has 0 saturated carbocycles. The summed E-state index contributed by atoms with van der Waals surface area (Å²) >= 11 is 0. The fraction of sp³-hybridized carbons (Fsp3) is 0.500. The maximum absolute atomic E-state index is 12.0. The predicted octanol–water partition coefficient (Wildman–Crippen LogP) is 2.27. The lowest BCUT2D eigenvalue weighted by Crippen LogP contribution is -2.41. The Labute approximate surface area is 118 Å². The SMILES string of the molecule is CN(CC(C)(C)O)C(=O)Nc1cccc(OCCF)c1. The molecule has 0 saturated heterocycles. The maximum Gasteiger partial charge on any atom is 0.321 e. The molecule has 0 unspecified atom stereocenters.